The fourth-order valence-corrected chi connectivity index (χ4v) is 5.26. The summed E-state index contributed by atoms with van der Waals surface area (Å²) in [6.45, 7) is 8.94. The van der Waals surface area contributed by atoms with Gasteiger partial charge >= 0.3 is 0 Å². The third-order valence-electron chi connectivity index (χ3n) is 7.58. The van der Waals surface area contributed by atoms with Crippen LogP contribution < -0.4 is 4.90 Å². The fourth-order valence-electron chi connectivity index (χ4n) is 5.26. The first-order valence-corrected chi connectivity index (χ1v) is 14.1. The predicted molar refractivity (Wildman–Crippen MR) is 173 cm³/mol. The molecule has 1 nitrogen and oxygen atoms in total. The number of hydrogen-bond donors (Lipinski definition) is 0. The summed E-state index contributed by atoms with van der Waals surface area (Å²) < 4.78 is 0. The number of hydrogen-bond acceptors (Lipinski definition) is 1. The number of benzene rings is 5. The zero-order valence-electron chi connectivity index (χ0n) is 23.5. The van der Waals surface area contributed by atoms with E-state index in [2.05, 4.69) is 171 Å². The zero-order chi connectivity index (χ0) is 27.7. The van der Waals surface area contributed by atoms with Crippen LogP contribution in [0, 0.1) is 6.92 Å². The molecule has 0 heterocycles. The van der Waals surface area contributed by atoms with Crippen LogP contribution in [0.1, 0.15) is 41.5 Å². The summed E-state index contributed by atoms with van der Waals surface area (Å²) in [5, 5.41) is 0. The number of nitrogens with zero attached hydrogens (tertiary/aromatic N) is 1. The van der Waals surface area contributed by atoms with Gasteiger partial charge in [-0.2, -0.15) is 0 Å². The summed E-state index contributed by atoms with van der Waals surface area (Å²) in [7, 11) is 0. The highest BCUT2D eigenvalue weighted by atomic mass is 15.1. The second kappa shape index (κ2) is 13.0. The maximum absolute atomic E-state index is 4.52. The van der Waals surface area contributed by atoms with Gasteiger partial charge in [-0.15, -0.1) is 0 Å². The minimum absolute atomic E-state index is 0.482. The van der Waals surface area contributed by atoms with E-state index in [1.54, 1.807) is 0 Å². The molecule has 0 bridgehead atoms. The van der Waals surface area contributed by atoms with Crippen molar-refractivity contribution in [2.24, 2.45) is 0 Å². The molecule has 0 aliphatic carbocycles. The van der Waals surface area contributed by atoms with Crippen LogP contribution in [0.3, 0.4) is 0 Å². The number of allylic oxidation sites excluding steroid dienone is 1. The van der Waals surface area contributed by atoms with E-state index in [0.29, 0.717) is 5.92 Å². The van der Waals surface area contributed by atoms with Gasteiger partial charge in [0.2, 0.25) is 0 Å². The molecule has 0 aromatic heterocycles. The largest absolute Gasteiger partial charge is 0.311 e. The van der Waals surface area contributed by atoms with Crippen molar-refractivity contribution in [3.63, 3.8) is 0 Å². The van der Waals surface area contributed by atoms with Crippen molar-refractivity contribution in [2.45, 2.75) is 32.6 Å². The molecule has 0 saturated carbocycles. The van der Waals surface area contributed by atoms with Crippen LogP contribution in [0.2, 0.25) is 0 Å². The highest BCUT2D eigenvalue weighted by molar-refractivity contribution is 5.76. The topological polar surface area (TPSA) is 3.24 Å². The van der Waals surface area contributed by atoms with E-state index in [1.165, 1.54) is 33.4 Å². The molecule has 0 radical (unpaired) electrons. The maximum atomic E-state index is 4.52. The van der Waals surface area contributed by atoms with E-state index in [9.17, 15) is 0 Å². The minimum atomic E-state index is 0.482. The van der Waals surface area contributed by atoms with Crippen molar-refractivity contribution in [1.82, 2.24) is 0 Å². The standard InChI is InChI=1S/C39H37N/c1-4-33(28-32-15-7-5-8-16-32)36-24-26-38(27-25-36)40(31(3)22-23-34-17-12-11-14-30(34)2)39-21-13-20-37(29-39)35-18-9-6-10-19-35/h5-27,29,33H,3-4,28H2,1-2H3/b23-22-. The minimum Gasteiger partial charge on any atom is -0.311 e. The lowest BCUT2D eigenvalue weighted by Crippen LogP contribution is -2.14. The lowest BCUT2D eigenvalue weighted by atomic mass is 9.90. The first-order chi connectivity index (χ1) is 19.6. The summed E-state index contributed by atoms with van der Waals surface area (Å²) >= 11 is 0. The first kappa shape index (κ1) is 27.0. The molecule has 0 N–H and O–H groups in total. The van der Waals surface area contributed by atoms with Crippen LogP contribution in [-0.2, 0) is 6.42 Å². The van der Waals surface area contributed by atoms with Gasteiger partial charge in [-0.05, 0) is 89.4 Å². The Bertz CT molecular complexity index is 1560. The van der Waals surface area contributed by atoms with E-state index in [4.69, 9.17) is 0 Å². The Morgan fingerprint density at radius 3 is 2.05 bits per heavy atom. The summed E-state index contributed by atoms with van der Waals surface area (Å²) in [6.07, 6.45) is 6.43. The van der Waals surface area contributed by atoms with Crippen molar-refractivity contribution in [1.29, 1.82) is 0 Å². The fraction of sp³-hybridized carbons (Fsp3) is 0.128. The van der Waals surface area contributed by atoms with Crippen molar-refractivity contribution in [3.05, 3.63) is 174 Å². The van der Waals surface area contributed by atoms with Gasteiger partial charge in [-0.3, -0.25) is 0 Å². The summed E-state index contributed by atoms with van der Waals surface area (Å²) in [4.78, 5) is 2.25. The predicted octanol–water partition coefficient (Wildman–Crippen LogP) is 10.8. The molecule has 5 aromatic carbocycles. The molecule has 1 unspecified atom stereocenters. The second-order valence-corrected chi connectivity index (χ2v) is 10.3. The Morgan fingerprint density at radius 1 is 0.700 bits per heavy atom. The quantitative estimate of drug-likeness (QED) is 0.166. The Kier molecular flexibility index (Phi) is 8.73. The molecule has 0 aliphatic rings. The van der Waals surface area contributed by atoms with E-state index in [-0.39, 0.29) is 0 Å². The third kappa shape index (κ3) is 6.50. The lowest BCUT2D eigenvalue weighted by molar-refractivity contribution is 0.660. The van der Waals surface area contributed by atoms with Gasteiger partial charge < -0.3 is 4.90 Å². The van der Waals surface area contributed by atoms with Crippen LogP contribution in [0.25, 0.3) is 17.2 Å². The molecule has 198 valence electrons. The zero-order valence-corrected chi connectivity index (χ0v) is 23.5. The highest BCUT2D eigenvalue weighted by Gasteiger charge is 2.15. The molecule has 0 fully saturated rings. The van der Waals surface area contributed by atoms with Crippen molar-refractivity contribution in [2.75, 3.05) is 4.90 Å². The van der Waals surface area contributed by atoms with Crippen LogP contribution >= 0.6 is 0 Å². The van der Waals surface area contributed by atoms with Crippen molar-refractivity contribution >= 4 is 17.5 Å². The lowest BCUT2D eigenvalue weighted by Gasteiger charge is -2.27. The van der Waals surface area contributed by atoms with Crippen molar-refractivity contribution in [3.8, 4) is 11.1 Å². The van der Waals surface area contributed by atoms with Gasteiger partial charge in [0.15, 0.2) is 0 Å². The Hall–Kier alpha value is -4.62. The van der Waals surface area contributed by atoms with Gasteiger partial charge in [0.05, 0.1) is 0 Å². The van der Waals surface area contributed by atoms with Gasteiger partial charge in [0, 0.05) is 17.1 Å². The average Bonchev–Trinajstić information content (AvgIpc) is 3.01. The molecule has 0 saturated heterocycles. The van der Waals surface area contributed by atoms with Gasteiger partial charge in [0.1, 0.15) is 0 Å². The molecule has 1 atom stereocenters. The third-order valence-corrected chi connectivity index (χ3v) is 7.58. The molecule has 0 aliphatic heterocycles. The van der Waals surface area contributed by atoms with Crippen LogP contribution in [0.5, 0.6) is 0 Å². The van der Waals surface area contributed by atoms with E-state index >= 15 is 0 Å². The Morgan fingerprint density at radius 2 is 1.35 bits per heavy atom. The van der Waals surface area contributed by atoms with Crippen LogP contribution in [-0.4, -0.2) is 0 Å². The second-order valence-electron chi connectivity index (χ2n) is 10.3. The Labute approximate surface area is 239 Å². The molecular formula is C39H37N. The van der Waals surface area contributed by atoms with E-state index in [0.717, 1.165) is 29.9 Å². The molecule has 5 rings (SSSR count). The van der Waals surface area contributed by atoms with Gasteiger partial charge in [-0.25, -0.2) is 0 Å². The molecular weight excluding hydrogens is 482 g/mol. The van der Waals surface area contributed by atoms with Gasteiger partial charge in [0.25, 0.3) is 0 Å². The highest BCUT2D eigenvalue weighted by Crippen LogP contribution is 2.35. The van der Waals surface area contributed by atoms with E-state index in [1.807, 2.05) is 0 Å². The Balaban J connectivity index is 1.49. The molecule has 5 aromatic rings. The number of rotatable bonds is 10. The van der Waals surface area contributed by atoms with Gasteiger partial charge in [-0.1, -0.05) is 129 Å². The molecule has 0 amide bonds. The van der Waals surface area contributed by atoms with Crippen LogP contribution in [0.15, 0.2) is 152 Å². The summed E-state index contributed by atoms with van der Waals surface area (Å²) in [5.74, 6) is 0.482. The van der Waals surface area contributed by atoms with Crippen LogP contribution in [0.4, 0.5) is 11.4 Å². The van der Waals surface area contributed by atoms with Crippen molar-refractivity contribution < 1.29 is 0 Å². The first-order valence-electron chi connectivity index (χ1n) is 14.1. The SMILES string of the molecule is C=C(/C=C\c1ccccc1C)N(c1ccc(C(CC)Cc2ccccc2)cc1)c1cccc(-c2ccccc2)c1. The average molecular weight is 520 g/mol. The number of anilines is 2. The smallest absolute Gasteiger partial charge is 0.0467 e. The number of aryl methyl sites for hydroxylation is 1. The molecule has 40 heavy (non-hydrogen) atoms. The summed E-state index contributed by atoms with van der Waals surface area (Å²) in [6, 6.07) is 47.5. The monoisotopic (exact) mass is 519 g/mol. The summed E-state index contributed by atoms with van der Waals surface area (Å²) in [5.41, 5.74) is 10.7. The molecule has 1 heteroatoms. The normalized spacial score (nSPS) is 11.8. The molecule has 0 spiro atoms. The maximum Gasteiger partial charge on any atom is 0.0467 e. The van der Waals surface area contributed by atoms with E-state index < -0.39 is 0 Å².